The van der Waals surface area contributed by atoms with Crippen LogP contribution in [0.1, 0.15) is 5.56 Å². The first-order valence-corrected chi connectivity index (χ1v) is 8.30. The standard InChI is InChI=1S/C17H15NO3S/c19-15-10-9-14-7-4-8-17(16(14)11-15)22(20,21)18-12-13-5-2-1-3-6-13/h1-11,18-19H,12H2. The molecule has 0 heterocycles. The molecule has 0 fully saturated rings. The number of phenolic OH excluding ortho intramolecular Hbond substituents is 1. The molecule has 0 saturated heterocycles. The molecular weight excluding hydrogens is 298 g/mol. The number of rotatable bonds is 4. The molecule has 0 aliphatic heterocycles. The maximum Gasteiger partial charge on any atom is 0.241 e. The summed E-state index contributed by atoms with van der Waals surface area (Å²) in [7, 11) is -3.66. The first kappa shape index (κ1) is 14.6. The molecule has 0 amide bonds. The predicted molar refractivity (Wildman–Crippen MR) is 86.1 cm³/mol. The molecule has 112 valence electrons. The van der Waals surface area contributed by atoms with Crippen LogP contribution >= 0.6 is 0 Å². The van der Waals surface area contributed by atoms with E-state index in [0.717, 1.165) is 10.9 Å². The van der Waals surface area contributed by atoms with Crippen LogP contribution in [0.15, 0.2) is 71.6 Å². The summed E-state index contributed by atoms with van der Waals surface area (Å²) in [5.74, 6) is 0.0400. The molecule has 0 spiro atoms. The smallest absolute Gasteiger partial charge is 0.241 e. The van der Waals surface area contributed by atoms with Gasteiger partial charge in [-0.1, -0.05) is 48.5 Å². The number of aromatic hydroxyl groups is 1. The summed E-state index contributed by atoms with van der Waals surface area (Å²) < 4.78 is 27.7. The van der Waals surface area contributed by atoms with Crippen LogP contribution in [0.2, 0.25) is 0 Å². The van der Waals surface area contributed by atoms with Crippen LogP contribution in [-0.4, -0.2) is 13.5 Å². The van der Waals surface area contributed by atoms with Crippen LogP contribution in [0, 0.1) is 0 Å². The van der Waals surface area contributed by atoms with Crippen molar-refractivity contribution in [3.05, 3.63) is 72.3 Å². The molecule has 3 rings (SSSR count). The van der Waals surface area contributed by atoms with Gasteiger partial charge in [-0.15, -0.1) is 0 Å². The Balaban J connectivity index is 1.97. The SMILES string of the molecule is O=S(=O)(NCc1ccccc1)c1cccc2ccc(O)cc12. The van der Waals surface area contributed by atoms with Gasteiger partial charge in [0.25, 0.3) is 0 Å². The molecule has 2 N–H and O–H groups in total. The summed E-state index contributed by atoms with van der Waals surface area (Å²) in [5, 5.41) is 10.9. The van der Waals surface area contributed by atoms with Crippen molar-refractivity contribution in [2.24, 2.45) is 0 Å². The average molecular weight is 313 g/mol. The summed E-state index contributed by atoms with van der Waals surface area (Å²) >= 11 is 0. The molecule has 22 heavy (non-hydrogen) atoms. The van der Waals surface area contributed by atoms with Gasteiger partial charge in [0.2, 0.25) is 10.0 Å². The monoisotopic (exact) mass is 313 g/mol. The van der Waals surface area contributed by atoms with E-state index >= 15 is 0 Å². The van der Waals surface area contributed by atoms with E-state index in [1.807, 2.05) is 36.4 Å². The van der Waals surface area contributed by atoms with Gasteiger partial charge in [-0.05, 0) is 29.1 Å². The zero-order chi connectivity index (χ0) is 15.6. The van der Waals surface area contributed by atoms with E-state index < -0.39 is 10.0 Å². The fourth-order valence-electron chi connectivity index (χ4n) is 2.32. The Bertz CT molecular complexity index is 906. The lowest BCUT2D eigenvalue weighted by molar-refractivity contribution is 0.476. The van der Waals surface area contributed by atoms with Crippen molar-refractivity contribution in [2.75, 3.05) is 0 Å². The molecule has 5 heteroatoms. The molecule has 3 aromatic carbocycles. The normalized spacial score (nSPS) is 11.6. The highest BCUT2D eigenvalue weighted by atomic mass is 32.2. The number of benzene rings is 3. The highest BCUT2D eigenvalue weighted by Gasteiger charge is 2.17. The summed E-state index contributed by atoms with van der Waals surface area (Å²) in [6.07, 6.45) is 0. The third kappa shape index (κ3) is 2.95. The Morgan fingerprint density at radius 1 is 0.909 bits per heavy atom. The van der Waals surface area contributed by atoms with Gasteiger partial charge in [0.05, 0.1) is 4.90 Å². The molecule has 0 radical (unpaired) electrons. The van der Waals surface area contributed by atoms with Crippen LogP contribution in [-0.2, 0) is 16.6 Å². The number of phenols is 1. The molecule has 0 bridgehead atoms. The fourth-order valence-corrected chi connectivity index (χ4v) is 3.55. The topological polar surface area (TPSA) is 66.4 Å². The van der Waals surface area contributed by atoms with E-state index in [1.54, 1.807) is 12.1 Å². The van der Waals surface area contributed by atoms with Crippen molar-refractivity contribution in [3.8, 4) is 5.75 Å². The van der Waals surface area contributed by atoms with Gasteiger partial charge in [-0.2, -0.15) is 0 Å². The highest BCUT2D eigenvalue weighted by molar-refractivity contribution is 7.89. The average Bonchev–Trinajstić information content (AvgIpc) is 2.53. The lowest BCUT2D eigenvalue weighted by Gasteiger charge is -2.10. The van der Waals surface area contributed by atoms with Gasteiger partial charge in [0, 0.05) is 11.9 Å². The van der Waals surface area contributed by atoms with Gasteiger partial charge >= 0.3 is 0 Å². The number of fused-ring (bicyclic) bond motifs is 1. The van der Waals surface area contributed by atoms with E-state index in [9.17, 15) is 13.5 Å². The minimum Gasteiger partial charge on any atom is -0.508 e. The Kier molecular flexibility index (Phi) is 3.83. The summed E-state index contributed by atoms with van der Waals surface area (Å²) in [6.45, 7) is 0.221. The lowest BCUT2D eigenvalue weighted by atomic mass is 10.1. The lowest BCUT2D eigenvalue weighted by Crippen LogP contribution is -2.23. The molecule has 4 nitrogen and oxygen atoms in total. The quantitative estimate of drug-likeness (QED) is 0.778. The minimum absolute atomic E-state index is 0.0400. The molecule has 0 unspecified atom stereocenters. The number of nitrogens with one attached hydrogen (secondary N) is 1. The Labute approximate surface area is 129 Å². The predicted octanol–water partition coefficient (Wildman–Crippen LogP) is 3.02. The molecule has 0 aliphatic rings. The maximum atomic E-state index is 12.5. The minimum atomic E-state index is -3.66. The van der Waals surface area contributed by atoms with Crippen LogP contribution in [0.4, 0.5) is 0 Å². The van der Waals surface area contributed by atoms with Gasteiger partial charge in [-0.3, -0.25) is 0 Å². The van der Waals surface area contributed by atoms with E-state index in [1.165, 1.54) is 18.2 Å². The molecule has 0 atom stereocenters. The second-order valence-corrected chi connectivity index (χ2v) is 6.71. The van der Waals surface area contributed by atoms with E-state index in [-0.39, 0.29) is 17.2 Å². The first-order chi connectivity index (χ1) is 10.6. The Morgan fingerprint density at radius 3 is 2.45 bits per heavy atom. The summed E-state index contributed by atoms with van der Waals surface area (Å²) in [4.78, 5) is 0.164. The van der Waals surface area contributed by atoms with Gasteiger partial charge in [0.15, 0.2) is 0 Å². The van der Waals surface area contributed by atoms with Crippen LogP contribution in [0.25, 0.3) is 10.8 Å². The van der Waals surface area contributed by atoms with Crippen molar-refractivity contribution in [2.45, 2.75) is 11.4 Å². The molecular formula is C17H15NO3S. The van der Waals surface area contributed by atoms with E-state index in [2.05, 4.69) is 4.72 Å². The van der Waals surface area contributed by atoms with E-state index in [0.29, 0.717) is 5.39 Å². The third-order valence-corrected chi connectivity index (χ3v) is 4.88. The summed E-state index contributed by atoms with van der Waals surface area (Å²) in [6, 6.07) is 19.1. The zero-order valence-electron chi connectivity index (χ0n) is 11.7. The molecule has 3 aromatic rings. The Morgan fingerprint density at radius 2 is 1.68 bits per heavy atom. The highest BCUT2D eigenvalue weighted by Crippen LogP contribution is 2.26. The number of sulfonamides is 1. The molecule has 0 saturated carbocycles. The first-order valence-electron chi connectivity index (χ1n) is 6.82. The van der Waals surface area contributed by atoms with Crippen molar-refractivity contribution in [1.29, 1.82) is 0 Å². The van der Waals surface area contributed by atoms with Crippen LogP contribution in [0.3, 0.4) is 0 Å². The van der Waals surface area contributed by atoms with Crippen molar-refractivity contribution in [3.63, 3.8) is 0 Å². The Hall–Kier alpha value is -2.37. The largest absolute Gasteiger partial charge is 0.508 e. The third-order valence-electron chi connectivity index (χ3n) is 3.42. The second-order valence-electron chi connectivity index (χ2n) is 4.97. The van der Waals surface area contributed by atoms with Crippen molar-refractivity contribution in [1.82, 2.24) is 4.72 Å². The maximum absolute atomic E-state index is 12.5. The number of hydrogen-bond donors (Lipinski definition) is 2. The van der Waals surface area contributed by atoms with E-state index in [4.69, 9.17) is 0 Å². The molecule has 0 aliphatic carbocycles. The fraction of sp³-hybridized carbons (Fsp3) is 0.0588. The second kappa shape index (κ2) is 5.79. The van der Waals surface area contributed by atoms with Gasteiger partial charge in [-0.25, -0.2) is 13.1 Å². The van der Waals surface area contributed by atoms with Crippen LogP contribution < -0.4 is 4.72 Å². The number of hydrogen-bond acceptors (Lipinski definition) is 3. The van der Waals surface area contributed by atoms with Crippen LogP contribution in [0.5, 0.6) is 5.75 Å². The van der Waals surface area contributed by atoms with Crippen molar-refractivity contribution >= 4 is 20.8 Å². The van der Waals surface area contributed by atoms with Crippen molar-refractivity contribution < 1.29 is 13.5 Å². The van der Waals surface area contributed by atoms with Gasteiger partial charge < -0.3 is 5.11 Å². The molecule has 0 aromatic heterocycles. The summed E-state index contributed by atoms with van der Waals surface area (Å²) in [5.41, 5.74) is 0.883. The van der Waals surface area contributed by atoms with Gasteiger partial charge in [0.1, 0.15) is 5.75 Å². The zero-order valence-corrected chi connectivity index (χ0v) is 12.5.